The number of methoxy groups -OCH3 is 2. The number of nitrogens with one attached hydrogen (secondary N) is 1. The molecule has 1 N–H and O–H groups in total. The number of ether oxygens (including phenoxy) is 2. The third-order valence-electron chi connectivity index (χ3n) is 3.93. The minimum Gasteiger partial charge on any atom is -0.497 e. The minimum absolute atomic E-state index is 0.0619. The van der Waals surface area contributed by atoms with E-state index in [-0.39, 0.29) is 25.2 Å². The summed E-state index contributed by atoms with van der Waals surface area (Å²) < 4.78 is 15.2. The molecule has 8 nitrogen and oxygen atoms in total. The quantitative estimate of drug-likeness (QED) is 0.869. The van der Waals surface area contributed by atoms with Crippen molar-refractivity contribution in [2.45, 2.75) is 25.6 Å². The number of nitrogens with zero attached hydrogens (tertiary/aromatic N) is 3. The van der Waals surface area contributed by atoms with Crippen LogP contribution in [0.3, 0.4) is 0 Å². The molecule has 1 fully saturated rings. The Balaban J connectivity index is 1.56. The molecule has 2 amide bonds. The Kier molecular flexibility index (Phi) is 4.95. The molecular formula is C16H20N4O4. The number of likely N-dealkylation sites (tertiary alicyclic amines) is 1. The number of urea groups is 1. The van der Waals surface area contributed by atoms with Gasteiger partial charge in [0.25, 0.3) is 0 Å². The summed E-state index contributed by atoms with van der Waals surface area (Å²) >= 11 is 0. The normalized spacial score (nSPS) is 16.6. The van der Waals surface area contributed by atoms with Crippen LogP contribution < -0.4 is 10.1 Å². The molecule has 3 rings (SSSR count). The molecule has 1 aromatic heterocycles. The molecule has 1 aliphatic rings. The van der Waals surface area contributed by atoms with Crippen LogP contribution in [0, 0.1) is 0 Å². The van der Waals surface area contributed by atoms with E-state index >= 15 is 0 Å². The first kappa shape index (κ1) is 16.3. The lowest BCUT2D eigenvalue weighted by molar-refractivity contribution is 0.114. The molecule has 0 bridgehead atoms. The molecule has 0 saturated carbocycles. The van der Waals surface area contributed by atoms with E-state index in [1.807, 2.05) is 24.3 Å². The van der Waals surface area contributed by atoms with E-state index in [4.69, 9.17) is 14.0 Å². The average Bonchev–Trinajstić information content (AvgIpc) is 3.00. The van der Waals surface area contributed by atoms with Gasteiger partial charge in [0.15, 0.2) is 5.82 Å². The lowest BCUT2D eigenvalue weighted by atomic mass is 9.95. The molecule has 24 heavy (non-hydrogen) atoms. The first-order valence-electron chi connectivity index (χ1n) is 7.70. The van der Waals surface area contributed by atoms with Crippen LogP contribution >= 0.6 is 0 Å². The molecule has 0 radical (unpaired) electrons. The maximum atomic E-state index is 12.3. The topological polar surface area (TPSA) is 89.7 Å². The van der Waals surface area contributed by atoms with E-state index in [0.717, 1.165) is 17.7 Å². The number of rotatable bonds is 6. The van der Waals surface area contributed by atoms with Gasteiger partial charge in [-0.2, -0.15) is 4.98 Å². The van der Waals surface area contributed by atoms with Crippen LogP contribution in [0.1, 0.15) is 29.7 Å². The van der Waals surface area contributed by atoms with Crippen molar-refractivity contribution >= 4 is 6.03 Å². The summed E-state index contributed by atoms with van der Waals surface area (Å²) in [7, 11) is 3.19. The molecule has 1 saturated heterocycles. The Morgan fingerprint density at radius 1 is 1.46 bits per heavy atom. The van der Waals surface area contributed by atoms with Crippen molar-refractivity contribution in [1.29, 1.82) is 0 Å². The molecule has 1 atom stereocenters. The number of carbonyl (C=O) groups is 1. The Labute approximate surface area is 139 Å². The van der Waals surface area contributed by atoms with E-state index < -0.39 is 0 Å². The standard InChI is InChI=1S/C16H20N4O4/c1-22-10-14-18-15(24-19-14)9-17-16(21)20-7-6-13(20)11-4-3-5-12(8-11)23-2/h3-5,8,13H,6-7,9-10H2,1-2H3,(H,17,21)/t13-/m0/s1. The van der Waals surface area contributed by atoms with Crippen molar-refractivity contribution < 1.29 is 18.8 Å². The number of aromatic nitrogens is 2. The van der Waals surface area contributed by atoms with Crippen LogP contribution in [-0.4, -0.2) is 41.8 Å². The van der Waals surface area contributed by atoms with E-state index in [9.17, 15) is 4.79 Å². The first-order chi connectivity index (χ1) is 11.7. The molecule has 1 aromatic carbocycles. The second-order valence-electron chi connectivity index (χ2n) is 5.47. The average molecular weight is 332 g/mol. The lowest BCUT2D eigenvalue weighted by Crippen LogP contribution is -2.49. The summed E-state index contributed by atoms with van der Waals surface area (Å²) in [4.78, 5) is 18.2. The summed E-state index contributed by atoms with van der Waals surface area (Å²) in [5.41, 5.74) is 1.07. The Morgan fingerprint density at radius 3 is 3.04 bits per heavy atom. The van der Waals surface area contributed by atoms with Crippen LogP contribution in [0.5, 0.6) is 5.75 Å². The molecular weight excluding hydrogens is 312 g/mol. The van der Waals surface area contributed by atoms with Gasteiger partial charge in [0.05, 0.1) is 19.7 Å². The van der Waals surface area contributed by atoms with Crippen molar-refractivity contribution in [3.8, 4) is 5.75 Å². The smallest absolute Gasteiger partial charge is 0.318 e. The zero-order valence-electron chi connectivity index (χ0n) is 13.7. The highest BCUT2D eigenvalue weighted by Gasteiger charge is 2.33. The van der Waals surface area contributed by atoms with Crippen molar-refractivity contribution in [3.05, 3.63) is 41.5 Å². The van der Waals surface area contributed by atoms with E-state index in [0.29, 0.717) is 18.3 Å². The number of carbonyl (C=O) groups excluding carboxylic acids is 1. The molecule has 2 heterocycles. The van der Waals surface area contributed by atoms with E-state index in [2.05, 4.69) is 15.5 Å². The molecule has 0 spiro atoms. The number of benzene rings is 1. The van der Waals surface area contributed by atoms with Crippen molar-refractivity contribution in [1.82, 2.24) is 20.4 Å². The Bertz CT molecular complexity index is 703. The molecule has 0 aliphatic carbocycles. The van der Waals surface area contributed by atoms with Gasteiger partial charge >= 0.3 is 6.03 Å². The summed E-state index contributed by atoms with van der Waals surface area (Å²) in [5.74, 6) is 1.60. The van der Waals surface area contributed by atoms with Crippen LogP contribution in [0.4, 0.5) is 4.79 Å². The predicted octanol–water partition coefficient (Wildman–Crippen LogP) is 1.88. The van der Waals surface area contributed by atoms with Crippen LogP contribution in [0.15, 0.2) is 28.8 Å². The maximum Gasteiger partial charge on any atom is 0.318 e. The monoisotopic (exact) mass is 332 g/mol. The van der Waals surface area contributed by atoms with Crippen LogP contribution in [0.25, 0.3) is 0 Å². The molecule has 8 heteroatoms. The Hall–Kier alpha value is -2.61. The van der Waals surface area contributed by atoms with Crippen LogP contribution in [0.2, 0.25) is 0 Å². The fourth-order valence-corrected chi connectivity index (χ4v) is 2.63. The second-order valence-corrected chi connectivity index (χ2v) is 5.47. The number of hydrogen-bond donors (Lipinski definition) is 1. The highest BCUT2D eigenvalue weighted by molar-refractivity contribution is 5.75. The highest BCUT2D eigenvalue weighted by atomic mass is 16.5. The third-order valence-corrected chi connectivity index (χ3v) is 3.93. The number of hydrogen-bond acceptors (Lipinski definition) is 6. The minimum atomic E-state index is -0.152. The summed E-state index contributed by atoms with van der Waals surface area (Å²) in [6.45, 7) is 1.19. The Morgan fingerprint density at radius 2 is 2.33 bits per heavy atom. The van der Waals surface area contributed by atoms with Crippen LogP contribution in [-0.2, 0) is 17.9 Å². The van der Waals surface area contributed by atoms with Crippen molar-refractivity contribution in [2.75, 3.05) is 20.8 Å². The van der Waals surface area contributed by atoms with E-state index in [1.165, 1.54) is 0 Å². The van der Waals surface area contributed by atoms with Crippen molar-refractivity contribution in [2.24, 2.45) is 0 Å². The van der Waals surface area contributed by atoms with Crippen molar-refractivity contribution in [3.63, 3.8) is 0 Å². The van der Waals surface area contributed by atoms with Gasteiger partial charge in [-0.25, -0.2) is 4.79 Å². The predicted molar refractivity (Wildman–Crippen MR) is 84.3 cm³/mol. The van der Waals surface area contributed by atoms with Gasteiger partial charge in [-0.1, -0.05) is 17.3 Å². The fourth-order valence-electron chi connectivity index (χ4n) is 2.63. The van der Waals surface area contributed by atoms with Gasteiger partial charge in [-0.05, 0) is 24.1 Å². The van der Waals surface area contributed by atoms with Gasteiger partial charge in [0.1, 0.15) is 12.4 Å². The molecule has 1 aliphatic heterocycles. The highest BCUT2D eigenvalue weighted by Crippen LogP contribution is 2.34. The summed E-state index contributed by atoms with van der Waals surface area (Å²) in [6.07, 6.45) is 0.930. The zero-order valence-corrected chi connectivity index (χ0v) is 13.7. The van der Waals surface area contributed by atoms with Gasteiger partial charge < -0.3 is 24.2 Å². The van der Waals surface area contributed by atoms with Gasteiger partial charge in [0, 0.05) is 13.7 Å². The molecule has 128 valence electrons. The fraction of sp³-hybridized carbons (Fsp3) is 0.438. The summed E-state index contributed by atoms with van der Waals surface area (Å²) in [6, 6.07) is 7.69. The SMILES string of the molecule is COCc1noc(CNC(=O)N2CC[C@H]2c2cccc(OC)c2)n1. The maximum absolute atomic E-state index is 12.3. The number of amides is 2. The third kappa shape index (κ3) is 3.48. The van der Waals surface area contributed by atoms with Gasteiger partial charge in [0.2, 0.25) is 5.89 Å². The second kappa shape index (κ2) is 7.31. The molecule has 0 unspecified atom stereocenters. The first-order valence-corrected chi connectivity index (χ1v) is 7.70. The lowest BCUT2D eigenvalue weighted by Gasteiger charge is -2.41. The van der Waals surface area contributed by atoms with Gasteiger partial charge in [-0.15, -0.1) is 0 Å². The zero-order chi connectivity index (χ0) is 16.9. The van der Waals surface area contributed by atoms with Gasteiger partial charge in [-0.3, -0.25) is 0 Å². The van der Waals surface area contributed by atoms with E-state index in [1.54, 1.807) is 19.1 Å². The molecule has 2 aromatic rings. The summed E-state index contributed by atoms with van der Waals surface area (Å²) in [5, 5.41) is 6.56. The largest absolute Gasteiger partial charge is 0.497 e.